The molecule has 2 atom stereocenters. The second kappa shape index (κ2) is 11.6. The average molecular weight is 396 g/mol. The van der Waals surface area contributed by atoms with E-state index < -0.39 is 0 Å². The van der Waals surface area contributed by atoms with Crippen LogP contribution in [0.2, 0.25) is 0 Å². The molecule has 154 valence electrons. The highest BCUT2D eigenvalue weighted by molar-refractivity contribution is 7.10. The summed E-state index contributed by atoms with van der Waals surface area (Å²) >= 11 is 1.80. The summed E-state index contributed by atoms with van der Waals surface area (Å²) < 4.78 is 5.52. The van der Waals surface area contributed by atoms with Crippen LogP contribution < -0.4 is 10.6 Å². The third kappa shape index (κ3) is 7.41. The van der Waals surface area contributed by atoms with Gasteiger partial charge in [0.1, 0.15) is 0 Å². The molecule has 2 heterocycles. The number of hydrogen-bond donors (Lipinski definition) is 2. The number of rotatable bonds is 9. The molecule has 2 rings (SSSR count). The highest BCUT2D eigenvalue weighted by atomic mass is 32.1. The maximum atomic E-state index is 5.52. The molecule has 2 N–H and O–H groups in total. The summed E-state index contributed by atoms with van der Waals surface area (Å²) in [5, 5.41) is 9.20. The summed E-state index contributed by atoms with van der Waals surface area (Å²) in [6.07, 6.45) is 1.18. The Bertz CT molecular complexity index is 541. The van der Waals surface area contributed by atoms with Gasteiger partial charge in [-0.15, -0.1) is 11.3 Å². The highest BCUT2D eigenvalue weighted by Gasteiger charge is 2.22. The first-order valence-electron chi connectivity index (χ1n) is 9.97. The number of nitrogens with one attached hydrogen (secondary N) is 2. The quantitative estimate of drug-likeness (QED) is 0.496. The number of aliphatic imine (C=N–C) groups is 1. The van der Waals surface area contributed by atoms with Crippen molar-refractivity contribution in [3.05, 3.63) is 22.4 Å². The fourth-order valence-electron chi connectivity index (χ4n) is 3.50. The lowest BCUT2D eigenvalue weighted by atomic mass is 10.0. The molecule has 1 aromatic rings. The highest BCUT2D eigenvalue weighted by Crippen LogP contribution is 2.22. The molecule has 1 aliphatic rings. The zero-order valence-corrected chi connectivity index (χ0v) is 18.4. The Hall–Kier alpha value is -1.15. The van der Waals surface area contributed by atoms with Crippen LogP contribution in [0.4, 0.5) is 0 Å². The largest absolute Gasteiger partial charge is 0.379 e. The summed E-state index contributed by atoms with van der Waals surface area (Å²) in [6, 6.07) is 5.16. The molecular weight excluding hydrogens is 358 g/mol. The minimum atomic E-state index is 0.342. The topological polar surface area (TPSA) is 52.1 Å². The lowest BCUT2D eigenvalue weighted by molar-refractivity contribution is 0.0132. The number of likely N-dealkylation sites (N-methyl/N-ethyl adjacent to an activating group) is 1. The molecule has 0 aromatic carbocycles. The van der Waals surface area contributed by atoms with E-state index in [1.54, 1.807) is 11.3 Å². The number of ether oxygens (including phenoxy) is 1. The second-order valence-corrected chi connectivity index (χ2v) is 8.74. The van der Waals surface area contributed by atoms with Gasteiger partial charge in [-0.25, -0.2) is 0 Å². The van der Waals surface area contributed by atoms with Gasteiger partial charge in [-0.3, -0.25) is 9.89 Å². The molecule has 1 saturated heterocycles. The molecular formula is C20H37N5OS. The summed E-state index contributed by atoms with van der Waals surface area (Å²) in [4.78, 5) is 10.6. The molecule has 6 nitrogen and oxygen atoms in total. The molecule has 27 heavy (non-hydrogen) atoms. The van der Waals surface area contributed by atoms with Crippen LogP contribution in [0.15, 0.2) is 22.5 Å². The monoisotopic (exact) mass is 395 g/mol. The Morgan fingerprint density at radius 1 is 1.26 bits per heavy atom. The van der Waals surface area contributed by atoms with E-state index in [4.69, 9.17) is 4.74 Å². The molecule has 1 aliphatic heterocycles. The standard InChI is InChI=1S/C20H37N5OS/c1-16(2)13-17(25-8-10-26-11-9-25)14-22-20(21-3)23-15-18(24(4)5)19-7-6-12-27-19/h6-7,12,16-18H,8-11,13-15H2,1-5H3,(H2,21,22,23). The van der Waals surface area contributed by atoms with Crippen LogP contribution in [0.5, 0.6) is 0 Å². The van der Waals surface area contributed by atoms with Gasteiger partial charge in [0, 0.05) is 44.1 Å². The molecule has 1 fully saturated rings. The van der Waals surface area contributed by atoms with E-state index in [2.05, 4.69) is 70.9 Å². The van der Waals surface area contributed by atoms with Crippen molar-refractivity contribution >= 4 is 17.3 Å². The number of morpholine rings is 1. The van der Waals surface area contributed by atoms with Crippen molar-refractivity contribution in [2.24, 2.45) is 10.9 Å². The second-order valence-electron chi connectivity index (χ2n) is 7.76. The van der Waals surface area contributed by atoms with Crippen LogP contribution in [0.1, 0.15) is 31.2 Å². The molecule has 0 bridgehead atoms. The van der Waals surface area contributed by atoms with Gasteiger partial charge in [0.2, 0.25) is 0 Å². The van der Waals surface area contributed by atoms with E-state index >= 15 is 0 Å². The summed E-state index contributed by atoms with van der Waals surface area (Å²) in [5.74, 6) is 1.55. The summed E-state index contributed by atoms with van der Waals surface area (Å²) in [6.45, 7) is 10.0. The van der Waals surface area contributed by atoms with Crippen LogP contribution in [-0.4, -0.2) is 82.3 Å². The van der Waals surface area contributed by atoms with Crippen LogP contribution >= 0.6 is 11.3 Å². The lowest BCUT2D eigenvalue weighted by Crippen LogP contribution is -2.51. The van der Waals surface area contributed by atoms with Gasteiger partial charge in [0.15, 0.2) is 5.96 Å². The van der Waals surface area contributed by atoms with Gasteiger partial charge >= 0.3 is 0 Å². The number of thiophene rings is 1. The molecule has 0 amide bonds. The third-order valence-electron chi connectivity index (χ3n) is 4.99. The number of hydrogen-bond acceptors (Lipinski definition) is 5. The number of guanidine groups is 1. The van der Waals surface area contributed by atoms with Gasteiger partial charge in [-0.1, -0.05) is 19.9 Å². The molecule has 2 unspecified atom stereocenters. The molecule has 0 radical (unpaired) electrons. The van der Waals surface area contributed by atoms with Crippen molar-refractivity contribution in [1.29, 1.82) is 0 Å². The summed E-state index contributed by atoms with van der Waals surface area (Å²) in [5.41, 5.74) is 0. The predicted molar refractivity (Wildman–Crippen MR) is 116 cm³/mol. The fraction of sp³-hybridized carbons (Fsp3) is 0.750. The van der Waals surface area contributed by atoms with E-state index in [-0.39, 0.29) is 0 Å². The Kier molecular flexibility index (Phi) is 9.54. The fourth-order valence-corrected chi connectivity index (χ4v) is 4.42. The Morgan fingerprint density at radius 3 is 2.52 bits per heavy atom. The summed E-state index contributed by atoms with van der Waals surface area (Å²) in [7, 11) is 6.09. The number of nitrogens with zero attached hydrogens (tertiary/aromatic N) is 3. The minimum Gasteiger partial charge on any atom is -0.379 e. The van der Waals surface area contributed by atoms with Crippen molar-refractivity contribution in [2.75, 3.05) is 60.5 Å². The van der Waals surface area contributed by atoms with Crippen LogP contribution in [0.3, 0.4) is 0 Å². The average Bonchev–Trinajstić information content (AvgIpc) is 3.17. The molecule has 0 aliphatic carbocycles. The zero-order valence-electron chi connectivity index (χ0n) is 17.6. The molecule has 0 spiro atoms. The zero-order chi connectivity index (χ0) is 19.6. The van der Waals surface area contributed by atoms with E-state index in [9.17, 15) is 0 Å². The van der Waals surface area contributed by atoms with Crippen molar-refractivity contribution < 1.29 is 4.74 Å². The molecule has 0 saturated carbocycles. The first-order valence-corrected chi connectivity index (χ1v) is 10.8. The molecule has 7 heteroatoms. The van der Waals surface area contributed by atoms with Crippen molar-refractivity contribution in [2.45, 2.75) is 32.4 Å². The van der Waals surface area contributed by atoms with Gasteiger partial charge in [0.05, 0.1) is 19.3 Å². The minimum absolute atomic E-state index is 0.342. The smallest absolute Gasteiger partial charge is 0.191 e. The Labute approximate surface area is 169 Å². The van der Waals surface area contributed by atoms with Crippen LogP contribution in [0, 0.1) is 5.92 Å². The van der Waals surface area contributed by atoms with E-state index in [0.29, 0.717) is 18.0 Å². The maximum Gasteiger partial charge on any atom is 0.191 e. The van der Waals surface area contributed by atoms with Crippen LogP contribution in [0.25, 0.3) is 0 Å². The van der Waals surface area contributed by atoms with Gasteiger partial charge in [-0.05, 0) is 37.9 Å². The molecule has 1 aromatic heterocycles. The predicted octanol–water partition coefficient (Wildman–Crippen LogP) is 2.26. The van der Waals surface area contributed by atoms with Gasteiger partial charge in [0.25, 0.3) is 0 Å². The van der Waals surface area contributed by atoms with Gasteiger partial charge < -0.3 is 20.3 Å². The van der Waals surface area contributed by atoms with Crippen LogP contribution in [-0.2, 0) is 4.74 Å². The van der Waals surface area contributed by atoms with Gasteiger partial charge in [-0.2, -0.15) is 0 Å². The third-order valence-corrected chi connectivity index (χ3v) is 5.97. The lowest BCUT2D eigenvalue weighted by Gasteiger charge is -2.36. The van der Waals surface area contributed by atoms with E-state index in [1.165, 1.54) is 11.3 Å². The Balaban J connectivity index is 1.88. The van der Waals surface area contributed by atoms with E-state index in [0.717, 1.165) is 45.4 Å². The Morgan fingerprint density at radius 2 is 1.96 bits per heavy atom. The van der Waals surface area contributed by atoms with E-state index in [1.807, 2.05) is 7.05 Å². The van der Waals surface area contributed by atoms with Crippen molar-refractivity contribution in [1.82, 2.24) is 20.4 Å². The SMILES string of the molecule is CN=C(NCC(c1cccs1)N(C)C)NCC(CC(C)C)N1CCOCC1. The maximum absolute atomic E-state index is 5.52. The van der Waals surface area contributed by atoms with Crippen molar-refractivity contribution in [3.8, 4) is 0 Å². The normalized spacial score (nSPS) is 18.7. The first kappa shape index (κ1) is 22.1. The first-order chi connectivity index (χ1) is 13.0. The van der Waals surface area contributed by atoms with Crippen molar-refractivity contribution in [3.63, 3.8) is 0 Å².